The zero-order chi connectivity index (χ0) is 13.1. The lowest BCUT2D eigenvalue weighted by molar-refractivity contribution is 0.0988. The van der Waals surface area contributed by atoms with Gasteiger partial charge in [-0.1, -0.05) is 6.92 Å². The number of Topliss-reactive ketones (excluding diaryl/α,β-unsaturated/α-hetero) is 1. The van der Waals surface area contributed by atoms with Gasteiger partial charge in [0, 0.05) is 19.8 Å². The Balaban J connectivity index is 2.16. The summed E-state index contributed by atoms with van der Waals surface area (Å²) in [7, 11) is 1.81. The van der Waals surface area contributed by atoms with E-state index in [2.05, 4.69) is 22.1 Å². The monoisotopic (exact) mass is 247 g/mol. The number of carbonyl (C=O) groups is 1. The van der Waals surface area contributed by atoms with E-state index in [0.717, 1.165) is 18.7 Å². The molecule has 0 saturated heterocycles. The molecule has 0 aliphatic carbocycles. The summed E-state index contributed by atoms with van der Waals surface area (Å²) in [5.74, 6) is 0.746. The van der Waals surface area contributed by atoms with Gasteiger partial charge < -0.3 is 0 Å². The predicted molar refractivity (Wildman–Crippen MR) is 66.3 cm³/mol. The molecule has 0 N–H and O–H groups in total. The van der Waals surface area contributed by atoms with Crippen molar-refractivity contribution < 1.29 is 4.79 Å². The maximum atomic E-state index is 12.2. The van der Waals surface area contributed by atoms with Crippen molar-refractivity contribution in [2.75, 3.05) is 0 Å². The molecule has 0 atom stereocenters. The summed E-state index contributed by atoms with van der Waals surface area (Å²) >= 11 is 0. The van der Waals surface area contributed by atoms with Crippen LogP contribution in [-0.4, -0.2) is 30.3 Å². The SMILES string of the molecule is CCCn1ncnc1CC(=O)c1cn(C)nc1C. The van der Waals surface area contributed by atoms with Crippen molar-refractivity contribution in [3.63, 3.8) is 0 Å². The number of ketones is 1. The molecule has 0 fully saturated rings. The number of aromatic nitrogens is 5. The van der Waals surface area contributed by atoms with Crippen LogP contribution < -0.4 is 0 Å². The highest BCUT2D eigenvalue weighted by molar-refractivity contribution is 5.97. The van der Waals surface area contributed by atoms with Gasteiger partial charge in [-0.25, -0.2) is 9.67 Å². The first-order valence-electron chi connectivity index (χ1n) is 6.02. The second kappa shape index (κ2) is 5.12. The Kier molecular flexibility index (Phi) is 3.55. The van der Waals surface area contributed by atoms with E-state index in [-0.39, 0.29) is 12.2 Å². The summed E-state index contributed by atoms with van der Waals surface area (Å²) < 4.78 is 3.43. The van der Waals surface area contributed by atoms with Crippen molar-refractivity contribution in [3.8, 4) is 0 Å². The summed E-state index contributed by atoms with van der Waals surface area (Å²) in [4.78, 5) is 16.3. The van der Waals surface area contributed by atoms with Gasteiger partial charge in [0.05, 0.1) is 17.7 Å². The maximum Gasteiger partial charge on any atom is 0.173 e. The molecule has 0 aliphatic rings. The van der Waals surface area contributed by atoms with Gasteiger partial charge in [0.15, 0.2) is 5.78 Å². The first-order valence-corrected chi connectivity index (χ1v) is 6.02. The van der Waals surface area contributed by atoms with Crippen LogP contribution in [0.2, 0.25) is 0 Å². The van der Waals surface area contributed by atoms with Gasteiger partial charge in [0.1, 0.15) is 12.2 Å². The van der Waals surface area contributed by atoms with E-state index in [1.165, 1.54) is 6.33 Å². The van der Waals surface area contributed by atoms with Crippen molar-refractivity contribution in [3.05, 3.63) is 29.6 Å². The first-order chi connectivity index (χ1) is 8.61. The molecule has 6 nitrogen and oxygen atoms in total. The molecular weight excluding hydrogens is 230 g/mol. The van der Waals surface area contributed by atoms with Crippen LogP contribution in [0.1, 0.15) is 35.2 Å². The Labute approximate surface area is 106 Å². The van der Waals surface area contributed by atoms with Gasteiger partial charge in [-0.3, -0.25) is 9.48 Å². The van der Waals surface area contributed by atoms with Crippen LogP contribution in [0.3, 0.4) is 0 Å². The lowest BCUT2D eigenvalue weighted by atomic mass is 10.1. The highest BCUT2D eigenvalue weighted by atomic mass is 16.1. The van der Waals surface area contributed by atoms with Gasteiger partial charge in [-0.05, 0) is 13.3 Å². The van der Waals surface area contributed by atoms with Crippen LogP contribution >= 0.6 is 0 Å². The lowest BCUT2D eigenvalue weighted by Crippen LogP contribution is -2.11. The average molecular weight is 247 g/mol. The molecule has 0 aliphatic heterocycles. The summed E-state index contributed by atoms with van der Waals surface area (Å²) in [5.41, 5.74) is 1.41. The van der Waals surface area contributed by atoms with E-state index >= 15 is 0 Å². The quantitative estimate of drug-likeness (QED) is 0.743. The van der Waals surface area contributed by atoms with E-state index in [0.29, 0.717) is 11.4 Å². The van der Waals surface area contributed by atoms with Crippen molar-refractivity contribution in [2.45, 2.75) is 33.2 Å². The molecule has 0 aromatic carbocycles. The third-order valence-corrected chi connectivity index (χ3v) is 2.76. The molecule has 96 valence electrons. The van der Waals surface area contributed by atoms with E-state index < -0.39 is 0 Å². The zero-order valence-electron chi connectivity index (χ0n) is 10.9. The van der Waals surface area contributed by atoms with Crippen LogP contribution in [0.4, 0.5) is 0 Å². The Morgan fingerprint density at radius 1 is 1.44 bits per heavy atom. The van der Waals surface area contributed by atoms with Crippen molar-refractivity contribution in [2.24, 2.45) is 7.05 Å². The maximum absolute atomic E-state index is 12.2. The Bertz CT molecular complexity index is 555. The zero-order valence-corrected chi connectivity index (χ0v) is 10.9. The molecule has 2 rings (SSSR count). The average Bonchev–Trinajstić information content (AvgIpc) is 2.87. The van der Waals surface area contributed by atoms with Crippen LogP contribution in [0.5, 0.6) is 0 Å². The van der Waals surface area contributed by atoms with Crippen molar-refractivity contribution in [1.82, 2.24) is 24.5 Å². The minimum atomic E-state index is 0.0333. The van der Waals surface area contributed by atoms with Gasteiger partial charge >= 0.3 is 0 Å². The molecule has 2 aromatic heterocycles. The summed E-state index contributed by atoms with van der Waals surface area (Å²) in [6.07, 6.45) is 4.48. The fraction of sp³-hybridized carbons (Fsp3) is 0.500. The van der Waals surface area contributed by atoms with E-state index in [1.54, 1.807) is 15.6 Å². The van der Waals surface area contributed by atoms with E-state index in [1.807, 2.05) is 14.0 Å². The molecule has 6 heteroatoms. The number of aryl methyl sites for hydroxylation is 3. The van der Waals surface area contributed by atoms with Crippen molar-refractivity contribution in [1.29, 1.82) is 0 Å². The number of hydrogen-bond acceptors (Lipinski definition) is 4. The third-order valence-electron chi connectivity index (χ3n) is 2.76. The molecule has 18 heavy (non-hydrogen) atoms. The first kappa shape index (κ1) is 12.5. The van der Waals surface area contributed by atoms with Gasteiger partial charge in [-0.15, -0.1) is 0 Å². The topological polar surface area (TPSA) is 65.6 Å². The number of carbonyl (C=O) groups excluding carboxylic acids is 1. The smallest absolute Gasteiger partial charge is 0.173 e. The van der Waals surface area contributed by atoms with Gasteiger partial charge in [0.25, 0.3) is 0 Å². The fourth-order valence-electron chi connectivity index (χ4n) is 1.94. The highest BCUT2D eigenvalue weighted by Gasteiger charge is 2.16. The molecule has 0 bridgehead atoms. The Morgan fingerprint density at radius 2 is 2.22 bits per heavy atom. The molecule has 0 amide bonds. The summed E-state index contributed by atoms with van der Waals surface area (Å²) in [6, 6.07) is 0. The summed E-state index contributed by atoms with van der Waals surface area (Å²) in [6.45, 7) is 4.69. The van der Waals surface area contributed by atoms with Gasteiger partial charge in [0.2, 0.25) is 0 Å². The van der Waals surface area contributed by atoms with Crippen LogP contribution in [0.15, 0.2) is 12.5 Å². The van der Waals surface area contributed by atoms with Crippen LogP contribution in [-0.2, 0) is 20.0 Å². The number of nitrogens with zero attached hydrogens (tertiary/aromatic N) is 5. The standard InChI is InChI=1S/C12H17N5O/c1-4-5-17-12(13-8-14-17)6-11(18)10-7-16(3)15-9(10)2/h7-8H,4-6H2,1-3H3. The predicted octanol–water partition coefficient (Wildman–Crippen LogP) is 1.16. The number of rotatable bonds is 5. The van der Waals surface area contributed by atoms with Gasteiger partial charge in [-0.2, -0.15) is 10.2 Å². The normalized spacial score (nSPS) is 10.8. The fourth-order valence-corrected chi connectivity index (χ4v) is 1.94. The minimum absolute atomic E-state index is 0.0333. The Hall–Kier alpha value is -1.98. The summed E-state index contributed by atoms with van der Waals surface area (Å²) in [5, 5.41) is 8.29. The number of hydrogen-bond donors (Lipinski definition) is 0. The molecular formula is C12H17N5O. The minimum Gasteiger partial charge on any atom is -0.294 e. The Morgan fingerprint density at radius 3 is 2.83 bits per heavy atom. The van der Waals surface area contributed by atoms with Crippen LogP contribution in [0.25, 0.3) is 0 Å². The molecule has 2 aromatic rings. The molecule has 2 heterocycles. The molecule has 0 saturated carbocycles. The largest absolute Gasteiger partial charge is 0.294 e. The van der Waals surface area contributed by atoms with E-state index in [9.17, 15) is 4.79 Å². The third kappa shape index (κ3) is 2.47. The second-order valence-corrected chi connectivity index (χ2v) is 4.30. The second-order valence-electron chi connectivity index (χ2n) is 4.30. The van der Waals surface area contributed by atoms with Crippen molar-refractivity contribution >= 4 is 5.78 Å². The molecule has 0 unspecified atom stereocenters. The van der Waals surface area contributed by atoms with Crippen LogP contribution in [0, 0.1) is 6.92 Å². The van der Waals surface area contributed by atoms with E-state index in [4.69, 9.17) is 0 Å². The molecule has 0 spiro atoms. The molecule has 0 radical (unpaired) electrons. The lowest BCUT2D eigenvalue weighted by Gasteiger charge is -2.03. The highest BCUT2D eigenvalue weighted by Crippen LogP contribution is 2.09.